The van der Waals surface area contributed by atoms with Gasteiger partial charge in [-0.15, -0.1) is 0 Å². The van der Waals surface area contributed by atoms with Crippen LogP contribution >= 0.6 is 0 Å². The Bertz CT molecular complexity index is 301. The molecule has 18 heavy (non-hydrogen) atoms. The van der Waals surface area contributed by atoms with E-state index in [-0.39, 0.29) is 12.1 Å². The fourth-order valence-corrected chi connectivity index (χ4v) is 3.12. The summed E-state index contributed by atoms with van der Waals surface area (Å²) in [7, 11) is 4.11. The molecular formula is C13H26N4O. The second-order valence-corrected chi connectivity index (χ2v) is 5.84. The van der Waals surface area contributed by atoms with E-state index in [1.54, 1.807) is 0 Å². The molecule has 0 aromatic carbocycles. The molecule has 0 radical (unpaired) electrons. The molecule has 2 atom stereocenters. The lowest BCUT2D eigenvalue weighted by Crippen LogP contribution is -2.42. The Hall–Kier alpha value is -0.810. The largest absolute Gasteiger partial charge is 0.328 e. The number of hydrogen-bond donors (Lipinski definition) is 1. The van der Waals surface area contributed by atoms with Gasteiger partial charge in [-0.2, -0.15) is 0 Å². The summed E-state index contributed by atoms with van der Waals surface area (Å²) < 4.78 is 0. The molecule has 2 heterocycles. The van der Waals surface area contributed by atoms with Crippen LogP contribution < -0.4 is 5.73 Å². The van der Waals surface area contributed by atoms with E-state index in [1.165, 1.54) is 12.8 Å². The van der Waals surface area contributed by atoms with Crippen LogP contribution in [-0.4, -0.2) is 73.1 Å². The van der Waals surface area contributed by atoms with Crippen molar-refractivity contribution in [3.05, 3.63) is 0 Å². The highest BCUT2D eigenvalue weighted by Crippen LogP contribution is 2.28. The van der Waals surface area contributed by atoms with Crippen molar-refractivity contribution in [2.24, 2.45) is 11.7 Å². The summed E-state index contributed by atoms with van der Waals surface area (Å²) >= 11 is 0. The van der Waals surface area contributed by atoms with E-state index < -0.39 is 0 Å². The first kappa shape index (κ1) is 13.6. The van der Waals surface area contributed by atoms with Gasteiger partial charge in [0.25, 0.3) is 0 Å². The SMILES string of the molecule is CC(CN)N1CC(C2CCN(C)CC2)N(C)C1=O. The van der Waals surface area contributed by atoms with Gasteiger partial charge in [0.15, 0.2) is 0 Å². The van der Waals surface area contributed by atoms with E-state index in [0.717, 1.165) is 19.6 Å². The van der Waals surface area contributed by atoms with Gasteiger partial charge < -0.3 is 20.4 Å². The lowest BCUT2D eigenvalue weighted by atomic mass is 9.89. The van der Waals surface area contributed by atoms with Crippen LogP contribution in [0.2, 0.25) is 0 Å². The van der Waals surface area contributed by atoms with E-state index in [4.69, 9.17) is 5.73 Å². The predicted molar refractivity (Wildman–Crippen MR) is 72.4 cm³/mol. The summed E-state index contributed by atoms with van der Waals surface area (Å²) in [4.78, 5) is 18.4. The van der Waals surface area contributed by atoms with Crippen LogP contribution in [0.4, 0.5) is 4.79 Å². The number of nitrogens with zero attached hydrogens (tertiary/aromatic N) is 3. The number of likely N-dealkylation sites (N-methyl/N-ethyl adjacent to an activating group) is 1. The van der Waals surface area contributed by atoms with Crippen molar-refractivity contribution in [2.45, 2.75) is 31.8 Å². The molecule has 2 amide bonds. The van der Waals surface area contributed by atoms with Crippen LogP contribution in [0.25, 0.3) is 0 Å². The topological polar surface area (TPSA) is 52.8 Å². The van der Waals surface area contributed by atoms with Gasteiger partial charge in [-0.05, 0) is 45.8 Å². The third-order valence-corrected chi connectivity index (χ3v) is 4.61. The van der Waals surface area contributed by atoms with Crippen LogP contribution in [0.15, 0.2) is 0 Å². The van der Waals surface area contributed by atoms with Gasteiger partial charge in [-0.3, -0.25) is 0 Å². The van der Waals surface area contributed by atoms with Gasteiger partial charge in [0, 0.05) is 26.2 Å². The van der Waals surface area contributed by atoms with Crippen LogP contribution in [0.5, 0.6) is 0 Å². The zero-order chi connectivity index (χ0) is 13.3. The molecule has 2 unspecified atom stereocenters. The number of urea groups is 1. The van der Waals surface area contributed by atoms with Crippen LogP contribution in [0.1, 0.15) is 19.8 Å². The number of hydrogen-bond acceptors (Lipinski definition) is 3. The molecule has 2 aliphatic heterocycles. The van der Waals surface area contributed by atoms with Gasteiger partial charge in [-0.25, -0.2) is 4.79 Å². The average molecular weight is 254 g/mol. The Morgan fingerprint density at radius 2 is 1.94 bits per heavy atom. The molecule has 0 bridgehead atoms. The zero-order valence-electron chi connectivity index (χ0n) is 11.8. The number of nitrogens with two attached hydrogens (primary N) is 1. The maximum Gasteiger partial charge on any atom is 0.320 e. The van der Waals surface area contributed by atoms with E-state index in [1.807, 2.05) is 23.8 Å². The lowest BCUT2D eigenvalue weighted by molar-refractivity contribution is 0.150. The van der Waals surface area contributed by atoms with Gasteiger partial charge in [0.1, 0.15) is 0 Å². The average Bonchev–Trinajstić information content (AvgIpc) is 2.67. The minimum Gasteiger partial charge on any atom is -0.328 e. The molecule has 0 saturated carbocycles. The molecular weight excluding hydrogens is 228 g/mol. The third kappa shape index (κ3) is 2.47. The second-order valence-electron chi connectivity index (χ2n) is 5.84. The van der Waals surface area contributed by atoms with Crippen molar-refractivity contribution in [1.82, 2.24) is 14.7 Å². The fraction of sp³-hybridized carbons (Fsp3) is 0.923. The maximum atomic E-state index is 12.2. The maximum absolute atomic E-state index is 12.2. The molecule has 5 nitrogen and oxygen atoms in total. The highest BCUT2D eigenvalue weighted by atomic mass is 16.2. The molecule has 2 N–H and O–H groups in total. The number of rotatable bonds is 3. The first-order valence-electron chi connectivity index (χ1n) is 6.96. The van der Waals surface area contributed by atoms with E-state index in [9.17, 15) is 4.79 Å². The molecule has 2 aliphatic rings. The molecule has 2 fully saturated rings. The van der Waals surface area contributed by atoms with Gasteiger partial charge in [0.2, 0.25) is 0 Å². The Balaban J connectivity index is 2.00. The Morgan fingerprint density at radius 3 is 2.50 bits per heavy atom. The standard InChI is InChI=1S/C13H26N4O/c1-10(8-14)17-9-12(16(3)13(17)18)11-4-6-15(2)7-5-11/h10-12H,4-9,14H2,1-3H3. The van der Waals surface area contributed by atoms with Gasteiger partial charge in [0.05, 0.1) is 6.04 Å². The van der Waals surface area contributed by atoms with Gasteiger partial charge in [-0.1, -0.05) is 0 Å². The molecule has 5 heteroatoms. The Kier molecular flexibility index (Phi) is 4.12. The summed E-state index contributed by atoms with van der Waals surface area (Å²) in [6, 6.07) is 0.674. The minimum absolute atomic E-state index is 0.149. The monoisotopic (exact) mass is 254 g/mol. The minimum atomic E-state index is 0.149. The molecule has 0 spiro atoms. The van der Waals surface area contributed by atoms with E-state index in [2.05, 4.69) is 11.9 Å². The lowest BCUT2D eigenvalue weighted by Gasteiger charge is -2.34. The molecule has 0 aliphatic carbocycles. The molecule has 0 aromatic heterocycles. The smallest absolute Gasteiger partial charge is 0.320 e. The molecule has 2 rings (SSSR count). The first-order valence-corrected chi connectivity index (χ1v) is 6.96. The summed E-state index contributed by atoms with van der Waals surface area (Å²) in [5.74, 6) is 0.644. The van der Waals surface area contributed by atoms with Crippen LogP contribution in [0.3, 0.4) is 0 Å². The van der Waals surface area contributed by atoms with Crippen molar-refractivity contribution >= 4 is 6.03 Å². The highest BCUT2D eigenvalue weighted by Gasteiger charge is 2.41. The molecule has 2 saturated heterocycles. The number of carbonyl (C=O) groups is 1. The molecule has 104 valence electrons. The van der Waals surface area contributed by atoms with E-state index in [0.29, 0.717) is 18.5 Å². The van der Waals surface area contributed by atoms with Crippen molar-refractivity contribution < 1.29 is 4.79 Å². The Labute approximate surface area is 110 Å². The number of likely N-dealkylation sites (tertiary alicyclic amines) is 1. The van der Waals surface area contributed by atoms with Crippen LogP contribution in [-0.2, 0) is 0 Å². The summed E-state index contributed by atoms with van der Waals surface area (Å²) in [5.41, 5.74) is 5.68. The number of carbonyl (C=O) groups excluding carboxylic acids is 1. The summed E-state index contributed by atoms with van der Waals surface area (Å²) in [5, 5.41) is 0. The van der Waals surface area contributed by atoms with Crippen LogP contribution in [0, 0.1) is 5.92 Å². The van der Waals surface area contributed by atoms with Crippen molar-refractivity contribution in [3.8, 4) is 0 Å². The fourth-order valence-electron chi connectivity index (χ4n) is 3.12. The highest BCUT2D eigenvalue weighted by molar-refractivity contribution is 5.77. The van der Waals surface area contributed by atoms with E-state index >= 15 is 0 Å². The quantitative estimate of drug-likeness (QED) is 0.794. The number of amides is 2. The summed E-state index contributed by atoms with van der Waals surface area (Å²) in [6.45, 7) is 5.72. The third-order valence-electron chi connectivity index (χ3n) is 4.61. The van der Waals surface area contributed by atoms with Gasteiger partial charge >= 0.3 is 6.03 Å². The molecule has 0 aromatic rings. The van der Waals surface area contributed by atoms with Crippen molar-refractivity contribution in [2.75, 3.05) is 40.3 Å². The number of piperidine rings is 1. The Morgan fingerprint density at radius 1 is 1.33 bits per heavy atom. The second kappa shape index (κ2) is 5.45. The first-order chi connectivity index (χ1) is 8.54. The van der Waals surface area contributed by atoms with Crippen molar-refractivity contribution in [1.29, 1.82) is 0 Å². The summed E-state index contributed by atoms with van der Waals surface area (Å²) in [6.07, 6.45) is 2.40. The zero-order valence-corrected chi connectivity index (χ0v) is 11.8. The normalized spacial score (nSPS) is 29.1. The predicted octanol–water partition coefficient (Wildman–Crippen LogP) is 0.411. The van der Waals surface area contributed by atoms with Crippen molar-refractivity contribution in [3.63, 3.8) is 0 Å².